The second-order valence-corrected chi connectivity index (χ2v) is 2.71. The van der Waals surface area contributed by atoms with Gasteiger partial charge in [-0.05, 0) is 20.8 Å². The van der Waals surface area contributed by atoms with Gasteiger partial charge in [0.25, 0.3) is 0 Å². The van der Waals surface area contributed by atoms with Gasteiger partial charge in [0.15, 0.2) is 0 Å². The molecular formula is C15H24. The highest BCUT2D eigenvalue weighted by Gasteiger charge is 1.63. The van der Waals surface area contributed by atoms with Gasteiger partial charge in [0.05, 0.1) is 0 Å². The van der Waals surface area contributed by atoms with E-state index >= 15 is 0 Å². The Morgan fingerprint density at radius 1 is 0.800 bits per heavy atom. The van der Waals surface area contributed by atoms with E-state index in [0.29, 0.717) is 0 Å². The van der Waals surface area contributed by atoms with Crippen molar-refractivity contribution >= 4 is 0 Å². The van der Waals surface area contributed by atoms with Gasteiger partial charge in [-0.25, -0.2) is 0 Å². The summed E-state index contributed by atoms with van der Waals surface area (Å²) in [6.07, 6.45) is 12.6. The molecule has 0 heterocycles. The Kier molecular flexibility index (Phi) is 29.1. The van der Waals surface area contributed by atoms with Crippen LogP contribution in [0.1, 0.15) is 20.8 Å². The van der Waals surface area contributed by atoms with Gasteiger partial charge in [0.1, 0.15) is 0 Å². The molecule has 0 amide bonds. The summed E-state index contributed by atoms with van der Waals surface area (Å²) in [6.45, 7) is 19.8. The Morgan fingerprint density at radius 3 is 1.27 bits per heavy atom. The molecule has 0 aromatic heterocycles. The van der Waals surface area contributed by atoms with Gasteiger partial charge in [-0.1, -0.05) is 74.4 Å². The molecule has 0 heteroatoms. The van der Waals surface area contributed by atoms with E-state index in [1.807, 2.05) is 39.0 Å². The van der Waals surface area contributed by atoms with Crippen LogP contribution in [-0.2, 0) is 0 Å². The zero-order valence-corrected chi connectivity index (χ0v) is 10.4. The highest BCUT2D eigenvalue weighted by atomic mass is 13.7. The monoisotopic (exact) mass is 204 g/mol. The molecule has 0 unspecified atom stereocenters. The van der Waals surface area contributed by atoms with E-state index in [1.165, 1.54) is 5.57 Å². The number of allylic oxidation sites excluding steroid dienone is 8. The Labute approximate surface area is 95.7 Å². The van der Waals surface area contributed by atoms with Crippen LogP contribution in [-0.4, -0.2) is 0 Å². The Bertz CT molecular complexity index is 204. The second kappa shape index (κ2) is 22.9. The van der Waals surface area contributed by atoms with Crippen molar-refractivity contribution in [3.63, 3.8) is 0 Å². The molecule has 15 heavy (non-hydrogen) atoms. The molecular weight excluding hydrogens is 180 g/mol. The van der Waals surface area contributed by atoms with Gasteiger partial charge in [0, 0.05) is 0 Å². The molecule has 0 atom stereocenters. The summed E-state index contributed by atoms with van der Waals surface area (Å²) in [4.78, 5) is 0. The van der Waals surface area contributed by atoms with Crippen LogP contribution in [0.25, 0.3) is 0 Å². The maximum Gasteiger partial charge on any atom is -0.0439 e. The smallest absolute Gasteiger partial charge is 0.0439 e. The first-order valence-electron chi connectivity index (χ1n) is 4.83. The predicted molar refractivity (Wildman–Crippen MR) is 75.0 cm³/mol. The van der Waals surface area contributed by atoms with Crippen molar-refractivity contribution in [3.05, 3.63) is 74.4 Å². The van der Waals surface area contributed by atoms with E-state index in [0.717, 1.165) is 0 Å². The molecule has 0 radical (unpaired) electrons. The highest BCUT2D eigenvalue weighted by Crippen LogP contribution is 1.85. The van der Waals surface area contributed by atoms with Crippen LogP contribution in [0.4, 0.5) is 0 Å². The maximum absolute atomic E-state index is 3.52. The summed E-state index contributed by atoms with van der Waals surface area (Å²) in [7, 11) is 0. The fourth-order valence-corrected chi connectivity index (χ4v) is 0.372. The minimum absolute atomic E-state index is 1.30. The molecule has 0 bridgehead atoms. The van der Waals surface area contributed by atoms with Crippen molar-refractivity contribution in [3.8, 4) is 0 Å². The average molecular weight is 204 g/mol. The van der Waals surface area contributed by atoms with Crippen molar-refractivity contribution in [2.45, 2.75) is 20.8 Å². The molecule has 0 spiro atoms. The average Bonchev–Trinajstić information content (AvgIpc) is 2.20. The van der Waals surface area contributed by atoms with Crippen molar-refractivity contribution in [1.29, 1.82) is 0 Å². The molecule has 0 aliphatic rings. The predicted octanol–water partition coefficient (Wildman–Crippen LogP) is 5.25. The van der Waals surface area contributed by atoms with Crippen LogP contribution in [0.2, 0.25) is 0 Å². The van der Waals surface area contributed by atoms with E-state index in [2.05, 4.69) is 26.3 Å². The molecule has 0 saturated carbocycles. The number of rotatable bonds is 3. The minimum atomic E-state index is 1.30. The Morgan fingerprint density at radius 2 is 1.27 bits per heavy atom. The van der Waals surface area contributed by atoms with Crippen LogP contribution >= 0.6 is 0 Å². The van der Waals surface area contributed by atoms with Crippen LogP contribution in [0.5, 0.6) is 0 Å². The van der Waals surface area contributed by atoms with Gasteiger partial charge < -0.3 is 0 Å². The van der Waals surface area contributed by atoms with Crippen molar-refractivity contribution in [2.75, 3.05) is 0 Å². The largest absolute Gasteiger partial charge is 0.0991 e. The number of hydrogen-bond donors (Lipinski definition) is 0. The molecule has 0 rings (SSSR count). The quantitative estimate of drug-likeness (QED) is 0.551. The minimum Gasteiger partial charge on any atom is -0.0991 e. The normalized spacial score (nSPS) is 7.13. The zero-order chi connectivity index (χ0) is 12.5. The van der Waals surface area contributed by atoms with E-state index in [1.54, 1.807) is 24.3 Å². The van der Waals surface area contributed by atoms with E-state index in [4.69, 9.17) is 0 Å². The maximum atomic E-state index is 3.52. The fraction of sp³-hybridized carbons (Fsp3) is 0.200. The van der Waals surface area contributed by atoms with Crippen LogP contribution < -0.4 is 0 Å². The van der Waals surface area contributed by atoms with Gasteiger partial charge in [-0.3, -0.25) is 0 Å². The molecule has 0 aromatic rings. The summed E-state index contributed by atoms with van der Waals surface area (Å²) in [5, 5.41) is 0. The topological polar surface area (TPSA) is 0 Å². The van der Waals surface area contributed by atoms with Crippen LogP contribution in [0, 0.1) is 0 Å². The molecule has 0 aromatic carbocycles. The lowest BCUT2D eigenvalue weighted by Gasteiger charge is -1.76. The summed E-state index contributed by atoms with van der Waals surface area (Å²) in [5.74, 6) is 0. The van der Waals surface area contributed by atoms with Gasteiger partial charge >= 0.3 is 0 Å². The molecule has 0 aliphatic carbocycles. The van der Waals surface area contributed by atoms with E-state index in [-0.39, 0.29) is 0 Å². The van der Waals surface area contributed by atoms with E-state index < -0.39 is 0 Å². The summed E-state index contributed by atoms with van der Waals surface area (Å²) >= 11 is 0. The zero-order valence-electron chi connectivity index (χ0n) is 10.4. The molecule has 84 valence electrons. The van der Waals surface area contributed by atoms with Gasteiger partial charge in [-0.2, -0.15) is 0 Å². The molecule has 0 fully saturated rings. The molecule has 0 aliphatic heterocycles. The standard InChI is InChI=1S/C6H10.C5H8.C4H6/c1-4-5-6(2)3;1-3-5-4-2;1-3-4-2/h4-5H,1H2,2-3H3;3-5H,1H2,2H3;3-4H,1-2H2. The lowest BCUT2D eigenvalue weighted by Crippen LogP contribution is -1.54. The first-order valence-corrected chi connectivity index (χ1v) is 4.83. The third-order valence-corrected chi connectivity index (χ3v) is 0.946. The van der Waals surface area contributed by atoms with Crippen molar-refractivity contribution in [2.24, 2.45) is 0 Å². The second-order valence-electron chi connectivity index (χ2n) is 2.71. The third kappa shape index (κ3) is 68.8. The lowest BCUT2D eigenvalue weighted by molar-refractivity contribution is 1.40. The number of hydrogen-bond acceptors (Lipinski definition) is 0. The Balaban J connectivity index is -0.000000147. The third-order valence-electron chi connectivity index (χ3n) is 0.946. The molecule has 0 N–H and O–H groups in total. The molecule has 0 saturated heterocycles. The Hall–Kier alpha value is -1.56. The first kappa shape index (κ1) is 19.1. The highest BCUT2D eigenvalue weighted by molar-refractivity contribution is 5.04. The lowest BCUT2D eigenvalue weighted by atomic mass is 10.3. The first-order chi connectivity index (χ1) is 7.10. The van der Waals surface area contributed by atoms with Gasteiger partial charge in [-0.15, -0.1) is 0 Å². The fourth-order valence-electron chi connectivity index (χ4n) is 0.372. The molecule has 0 nitrogen and oxygen atoms in total. The van der Waals surface area contributed by atoms with E-state index in [9.17, 15) is 0 Å². The van der Waals surface area contributed by atoms with Crippen LogP contribution in [0.3, 0.4) is 0 Å². The van der Waals surface area contributed by atoms with Crippen molar-refractivity contribution < 1.29 is 0 Å². The summed E-state index contributed by atoms with van der Waals surface area (Å²) < 4.78 is 0. The van der Waals surface area contributed by atoms with Crippen molar-refractivity contribution in [1.82, 2.24) is 0 Å². The summed E-state index contributed by atoms with van der Waals surface area (Å²) in [6, 6.07) is 0. The SMILES string of the molecule is C=CC=C.C=CC=C(C)C.C=CC=CC. The summed E-state index contributed by atoms with van der Waals surface area (Å²) in [5.41, 5.74) is 1.30. The van der Waals surface area contributed by atoms with Gasteiger partial charge in [0.2, 0.25) is 0 Å². The van der Waals surface area contributed by atoms with Crippen LogP contribution in [0.15, 0.2) is 74.4 Å².